The molecular formula is C25H39NO2. The van der Waals surface area contributed by atoms with Gasteiger partial charge >= 0.3 is 0 Å². The first kappa shape index (κ1) is 22.7. The van der Waals surface area contributed by atoms with Crippen LogP contribution in [0, 0.1) is 19.3 Å². The van der Waals surface area contributed by atoms with Gasteiger partial charge in [0.2, 0.25) is 0 Å². The molecule has 1 saturated carbocycles. The monoisotopic (exact) mass is 385 g/mol. The Morgan fingerprint density at radius 1 is 1.11 bits per heavy atom. The highest BCUT2D eigenvalue weighted by atomic mass is 16.3. The highest BCUT2D eigenvalue weighted by Crippen LogP contribution is 2.50. The van der Waals surface area contributed by atoms with Crippen LogP contribution in [0.4, 0.5) is 0 Å². The molecule has 1 fully saturated rings. The second kappa shape index (κ2) is 9.73. The molecule has 0 amide bonds. The molecule has 0 saturated heterocycles. The molecular weight excluding hydrogens is 346 g/mol. The fraction of sp³-hybridized carbons (Fsp3) is 0.640. The summed E-state index contributed by atoms with van der Waals surface area (Å²) >= 11 is 0. The molecule has 1 aliphatic rings. The molecule has 0 radical (unpaired) electrons. The van der Waals surface area contributed by atoms with Gasteiger partial charge in [0, 0.05) is 11.0 Å². The van der Waals surface area contributed by atoms with Crippen LogP contribution in [-0.4, -0.2) is 35.9 Å². The average Bonchev–Trinajstić information content (AvgIpc) is 2.62. The predicted octanol–water partition coefficient (Wildman–Crippen LogP) is 5.71. The van der Waals surface area contributed by atoms with Gasteiger partial charge in [-0.25, -0.2) is 0 Å². The van der Waals surface area contributed by atoms with Gasteiger partial charge < -0.3 is 10.0 Å². The summed E-state index contributed by atoms with van der Waals surface area (Å²) in [4.78, 5) is 14.2. The molecule has 1 aliphatic carbocycles. The van der Waals surface area contributed by atoms with E-state index >= 15 is 0 Å². The molecule has 0 bridgehead atoms. The van der Waals surface area contributed by atoms with Crippen molar-refractivity contribution in [3.05, 3.63) is 45.7 Å². The van der Waals surface area contributed by atoms with Crippen molar-refractivity contribution in [3.8, 4) is 0 Å². The molecule has 1 N–H and O–H groups in total. The van der Waals surface area contributed by atoms with Crippen molar-refractivity contribution in [1.82, 2.24) is 4.90 Å². The van der Waals surface area contributed by atoms with Gasteiger partial charge in [0.05, 0.1) is 0 Å². The third kappa shape index (κ3) is 5.05. The summed E-state index contributed by atoms with van der Waals surface area (Å²) in [6.45, 7) is 12.3. The van der Waals surface area contributed by atoms with E-state index in [1.807, 2.05) is 0 Å². The Bertz CT molecular complexity index is 728. The highest BCUT2D eigenvalue weighted by molar-refractivity contribution is 5.93. The zero-order valence-corrected chi connectivity index (χ0v) is 18.8. The lowest BCUT2D eigenvalue weighted by Crippen LogP contribution is -2.35. The Morgan fingerprint density at radius 3 is 2.25 bits per heavy atom. The molecule has 1 aromatic rings. The standard InChI is InChI=1S/C25H39NO2/c1-7-15-26(6)16-8-10-22-11-12-23(19(3)18(22)2)17-25(13-9-14-25)24(28)20(4)21(5)27/h11-12,28H,7-10,13-17H2,1-6H3/b24-20-. The number of aliphatic hydroxyl groups is 1. The number of Topliss-reactive ketones (excluding diaryl/α,β-unsaturated/α-hetero) is 1. The zero-order chi connectivity index (χ0) is 20.9. The number of ketones is 1. The molecule has 0 spiro atoms. The SMILES string of the molecule is CCCN(C)CCCc1ccc(CC2(/C(O)=C(\C)C(C)=O)CCC2)c(C)c1C. The Balaban J connectivity index is 2.14. The van der Waals surface area contributed by atoms with Crippen LogP contribution < -0.4 is 0 Å². The predicted molar refractivity (Wildman–Crippen MR) is 118 cm³/mol. The maximum Gasteiger partial charge on any atom is 0.158 e. The summed E-state index contributed by atoms with van der Waals surface area (Å²) in [5.41, 5.74) is 5.77. The van der Waals surface area contributed by atoms with Crippen molar-refractivity contribution in [2.45, 2.75) is 79.6 Å². The molecule has 0 aromatic heterocycles. The molecule has 156 valence electrons. The molecule has 1 aromatic carbocycles. The van der Waals surface area contributed by atoms with Crippen LogP contribution in [0.2, 0.25) is 0 Å². The van der Waals surface area contributed by atoms with E-state index in [2.05, 4.69) is 44.9 Å². The van der Waals surface area contributed by atoms with Crippen LogP contribution in [0.15, 0.2) is 23.5 Å². The number of rotatable bonds is 10. The van der Waals surface area contributed by atoms with Crippen LogP contribution in [-0.2, 0) is 17.6 Å². The Morgan fingerprint density at radius 2 is 1.71 bits per heavy atom. The third-order valence-corrected chi connectivity index (χ3v) is 6.83. The minimum absolute atomic E-state index is 0.0277. The maximum absolute atomic E-state index is 11.8. The molecule has 0 aliphatic heterocycles. The molecule has 0 heterocycles. The van der Waals surface area contributed by atoms with Gasteiger partial charge in [0.15, 0.2) is 5.78 Å². The quantitative estimate of drug-likeness (QED) is 0.414. The number of benzene rings is 1. The number of nitrogens with zero attached hydrogens (tertiary/aromatic N) is 1. The van der Waals surface area contributed by atoms with Crippen LogP contribution in [0.3, 0.4) is 0 Å². The van der Waals surface area contributed by atoms with E-state index in [9.17, 15) is 9.90 Å². The smallest absolute Gasteiger partial charge is 0.158 e. The second-order valence-electron chi connectivity index (χ2n) is 8.88. The summed E-state index contributed by atoms with van der Waals surface area (Å²) in [5, 5.41) is 10.8. The van der Waals surface area contributed by atoms with E-state index in [1.165, 1.54) is 35.1 Å². The van der Waals surface area contributed by atoms with E-state index < -0.39 is 0 Å². The van der Waals surface area contributed by atoms with Gasteiger partial charge in [0.25, 0.3) is 0 Å². The van der Waals surface area contributed by atoms with Gasteiger partial charge in [-0.2, -0.15) is 0 Å². The van der Waals surface area contributed by atoms with Crippen LogP contribution in [0.25, 0.3) is 0 Å². The minimum atomic E-state index is -0.239. The summed E-state index contributed by atoms with van der Waals surface area (Å²) in [5.74, 6) is 0.298. The number of aliphatic hydroxyl groups excluding tert-OH is 1. The van der Waals surface area contributed by atoms with E-state index in [0.717, 1.165) is 45.2 Å². The van der Waals surface area contributed by atoms with Crippen molar-refractivity contribution in [2.24, 2.45) is 5.41 Å². The summed E-state index contributed by atoms with van der Waals surface area (Å²) in [7, 11) is 2.20. The molecule has 3 nitrogen and oxygen atoms in total. The first-order valence-electron chi connectivity index (χ1n) is 10.9. The Kier molecular flexibility index (Phi) is 7.88. The maximum atomic E-state index is 11.8. The third-order valence-electron chi connectivity index (χ3n) is 6.83. The lowest BCUT2D eigenvalue weighted by molar-refractivity contribution is -0.114. The van der Waals surface area contributed by atoms with Crippen molar-refractivity contribution >= 4 is 5.78 Å². The molecule has 0 atom stereocenters. The van der Waals surface area contributed by atoms with Gasteiger partial charge in [-0.05, 0) is 109 Å². The average molecular weight is 386 g/mol. The Labute approximate surface area is 171 Å². The topological polar surface area (TPSA) is 40.5 Å². The number of hydrogen-bond donors (Lipinski definition) is 1. The van der Waals surface area contributed by atoms with Crippen LogP contribution in [0.1, 0.15) is 75.1 Å². The normalized spacial score (nSPS) is 16.7. The fourth-order valence-corrected chi connectivity index (χ4v) is 4.46. The van der Waals surface area contributed by atoms with Gasteiger partial charge in [0.1, 0.15) is 5.76 Å². The number of carbonyl (C=O) groups is 1. The minimum Gasteiger partial charge on any atom is -0.511 e. The first-order chi connectivity index (χ1) is 13.2. The first-order valence-corrected chi connectivity index (χ1v) is 10.9. The van der Waals surface area contributed by atoms with Crippen LogP contribution in [0.5, 0.6) is 0 Å². The molecule has 28 heavy (non-hydrogen) atoms. The van der Waals surface area contributed by atoms with Gasteiger partial charge in [-0.15, -0.1) is 0 Å². The fourth-order valence-electron chi connectivity index (χ4n) is 4.46. The summed E-state index contributed by atoms with van der Waals surface area (Å²) in [6, 6.07) is 4.53. The lowest BCUT2D eigenvalue weighted by Gasteiger charge is -2.42. The van der Waals surface area contributed by atoms with Crippen LogP contribution >= 0.6 is 0 Å². The summed E-state index contributed by atoms with van der Waals surface area (Å²) < 4.78 is 0. The van der Waals surface area contributed by atoms with Crippen molar-refractivity contribution in [3.63, 3.8) is 0 Å². The van der Waals surface area contributed by atoms with Crippen molar-refractivity contribution < 1.29 is 9.90 Å². The number of hydrogen-bond acceptors (Lipinski definition) is 3. The van der Waals surface area contributed by atoms with Crippen molar-refractivity contribution in [2.75, 3.05) is 20.1 Å². The highest BCUT2D eigenvalue weighted by Gasteiger charge is 2.42. The zero-order valence-electron chi connectivity index (χ0n) is 18.8. The number of carbonyl (C=O) groups excluding carboxylic acids is 1. The number of allylic oxidation sites excluding steroid dienone is 2. The Hall–Kier alpha value is -1.61. The second-order valence-corrected chi connectivity index (χ2v) is 8.88. The van der Waals surface area contributed by atoms with E-state index in [-0.39, 0.29) is 11.2 Å². The van der Waals surface area contributed by atoms with Gasteiger partial charge in [-0.3, -0.25) is 4.79 Å². The van der Waals surface area contributed by atoms with E-state index in [0.29, 0.717) is 11.3 Å². The number of aryl methyl sites for hydroxylation is 1. The van der Waals surface area contributed by atoms with Crippen molar-refractivity contribution in [1.29, 1.82) is 0 Å². The lowest BCUT2D eigenvalue weighted by atomic mass is 9.62. The van der Waals surface area contributed by atoms with E-state index in [4.69, 9.17) is 0 Å². The molecule has 0 unspecified atom stereocenters. The van der Waals surface area contributed by atoms with Gasteiger partial charge in [-0.1, -0.05) is 25.5 Å². The van der Waals surface area contributed by atoms with E-state index in [1.54, 1.807) is 13.8 Å². The molecule has 2 rings (SSSR count). The largest absolute Gasteiger partial charge is 0.511 e. The summed E-state index contributed by atoms with van der Waals surface area (Å²) in [6.07, 6.45) is 7.38. The molecule has 3 heteroatoms.